The molecule has 0 heterocycles. The Labute approximate surface area is 185 Å². The lowest BCUT2D eigenvalue weighted by Gasteiger charge is -2.12. The lowest BCUT2D eigenvalue weighted by molar-refractivity contribution is -0.121. The Balaban J connectivity index is 1.64. The molecule has 6 nitrogen and oxygen atoms in total. The summed E-state index contributed by atoms with van der Waals surface area (Å²) in [6.07, 6.45) is 1.47. The number of hydrogen-bond donors (Lipinski definition) is 1. The summed E-state index contributed by atoms with van der Waals surface area (Å²) in [5.41, 5.74) is 4.57. The van der Waals surface area contributed by atoms with Crippen LogP contribution in [0, 0.1) is 11.3 Å². The van der Waals surface area contributed by atoms with Gasteiger partial charge in [0.15, 0.2) is 17.4 Å². The van der Waals surface area contributed by atoms with Crippen molar-refractivity contribution in [3.8, 4) is 17.6 Å². The number of ether oxygens (including phenoxy) is 2. The molecule has 0 spiro atoms. The number of hydrogen-bond acceptors (Lipinski definition) is 5. The number of nitrogens with zero attached hydrogens (tertiary/aromatic N) is 2. The number of halogens is 1. The first kappa shape index (κ1) is 21.9. The normalized spacial score (nSPS) is 11.5. The molecule has 7 heteroatoms. The van der Waals surface area contributed by atoms with Crippen LogP contribution in [0.15, 0.2) is 77.9 Å². The molecule has 0 bridgehead atoms. The molecule has 0 radical (unpaired) electrons. The van der Waals surface area contributed by atoms with Gasteiger partial charge in [0.05, 0.1) is 19.4 Å². The van der Waals surface area contributed by atoms with Gasteiger partial charge in [0.25, 0.3) is 5.91 Å². The minimum atomic E-state index is -0.937. The predicted molar refractivity (Wildman–Crippen MR) is 119 cm³/mol. The van der Waals surface area contributed by atoms with Crippen molar-refractivity contribution in [1.29, 1.82) is 5.26 Å². The summed E-state index contributed by atoms with van der Waals surface area (Å²) in [5.74, 6) is -0.371. The minimum absolute atomic E-state index is 0.300. The number of rotatable bonds is 8. The number of hydrazone groups is 1. The first-order valence-electron chi connectivity index (χ1n) is 9.44. The van der Waals surface area contributed by atoms with Crippen LogP contribution in [0.1, 0.15) is 22.6 Å². The topological polar surface area (TPSA) is 83.7 Å². The van der Waals surface area contributed by atoms with Crippen molar-refractivity contribution in [1.82, 2.24) is 5.43 Å². The van der Waals surface area contributed by atoms with E-state index >= 15 is 0 Å². The van der Waals surface area contributed by atoms with E-state index in [9.17, 15) is 10.1 Å². The van der Waals surface area contributed by atoms with Crippen LogP contribution in [0.4, 0.5) is 0 Å². The summed E-state index contributed by atoms with van der Waals surface area (Å²) in [7, 11) is 1.54. The van der Waals surface area contributed by atoms with Crippen molar-refractivity contribution in [2.24, 2.45) is 5.10 Å². The lowest BCUT2D eigenvalue weighted by Crippen LogP contribution is -2.24. The van der Waals surface area contributed by atoms with Gasteiger partial charge in [-0.15, -0.1) is 0 Å². The van der Waals surface area contributed by atoms with Crippen molar-refractivity contribution < 1.29 is 14.3 Å². The Kier molecular flexibility index (Phi) is 7.63. The number of nitriles is 1. The minimum Gasteiger partial charge on any atom is -0.493 e. The van der Waals surface area contributed by atoms with E-state index in [1.807, 2.05) is 30.3 Å². The molecule has 0 aliphatic carbocycles. The number of carbonyl (C=O) groups is 1. The second-order valence-corrected chi connectivity index (χ2v) is 6.90. The van der Waals surface area contributed by atoms with Gasteiger partial charge < -0.3 is 9.47 Å². The summed E-state index contributed by atoms with van der Waals surface area (Å²) in [6, 6.07) is 23.5. The second kappa shape index (κ2) is 10.8. The Bertz CT molecular complexity index is 1110. The maximum atomic E-state index is 12.3. The molecule has 1 N–H and O–H groups in total. The van der Waals surface area contributed by atoms with Gasteiger partial charge in [-0.1, -0.05) is 60.1 Å². The van der Waals surface area contributed by atoms with Gasteiger partial charge >= 0.3 is 0 Å². The highest BCUT2D eigenvalue weighted by atomic mass is 35.5. The van der Waals surface area contributed by atoms with E-state index in [0.717, 1.165) is 5.56 Å². The highest BCUT2D eigenvalue weighted by Gasteiger charge is 2.19. The zero-order valence-corrected chi connectivity index (χ0v) is 17.5. The van der Waals surface area contributed by atoms with Crippen molar-refractivity contribution in [3.63, 3.8) is 0 Å². The molecule has 3 aromatic rings. The molecule has 0 fully saturated rings. The molecule has 31 heavy (non-hydrogen) atoms. The number of methoxy groups -OCH3 is 1. The highest BCUT2D eigenvalue weighted by molar-refractivity contribution is 6.31. The van der Waals surface area contributed by atoms with Crippen LogP contribution in [0.2, 0.25) is 5.02 Å². The van der Waals surface area contributed by atoms with Gasteiger partial charge in [-0.25, -0.2) is 5.43 Å². The molecule has 156 valence electrons. The number of amides is 1. The quantitative estimate of drug-likeness (QED) is 0.412. The number of nitrogens with one attached hydrogen (secondary N) is 1. The van der Waals surface area contributed by atoms with Crippen LogP contribution in [0.3, 0.4) is 0 Å². The average Bonchev–Trinajstić information content (AvgIpc) is 2.80. The Morgan fingerprint density at radius 3 is 2.58 bits per heavy atom. The van der Waals surface area contributed by atoms with Crippen molar-refractivity contribution in [3.05, 3.63) is 94.5 Å². The summed E-state index contributed by atoms with van der Waals surface area (Å²) in [4.78, 5) is 12.3. The van der Waals surface area contributed by atoms with E-state index < -0.39 is 11.8 Å². The predicted octanol–water partition coefficient (Wildman–Crippen LogP) is 4.69. The first-order chi connectivity index (χ1) is 15.1. The first-order valence-corrected chi connectivity index (χ1v) is 9.82. The molecule has 3 rings (SSSR count). The smallest absolute Gasteiger partial charge is 0.261 e. The molecule has 0 aliphatic rings. The van der Waals surface area contributed by atoms with Gasteiger partial charge in [-0.2, -0.15) is 10.4 Å². The van der Waals surface area contributed by atoms with Gasteiger partial charge in [0.1, 0.15) is 6.61 Å². The van der Waals surface area contributed by atoms with Gasteiger partial charge in [0.2, 0.25) is 0 Å². The monoisotopic (exact) mass is 433 g/mol. The van der Waals surface area contributed by atoms with Gasteiger partial charge in [-0.05, 0) is 35.4 Å². The van der Waals surface area contributed by atoms with Crippen molar-refractivity contribution >= 4 is 23.7 Å². The van der Waals surface area contributed by atoms with Crippen LogP contribution in [-0.2, 0) is 11.4 Å². The number of carbonyl (C=O) groups excluding carboxylic acids is 1. The molecule has 0 unspecified atom stereocenters. The molecular weight excluding hydrogens is 414 g/mol. The van der Waals surface area contributed by atoms with E-state index in [1.54, 1.807) is 48.5 Å². The summed E-state index contributed by atoms with van der Waals surface area (Å²) < 4.78 is 11.2. The fourth-order valence-electron chi connectivity index (χ4n) is 2.82. The van der Waals surface area contributed by atoms with Crippen molar-refractivity contribution in [2.45, 2.75) is 12.5 Å². The molecular formula is C24H20ClN3O3. The largest absolute Gasteiger partial charge is 0.493 e. The molecule has 0 aromatic heterocycles. The Morgan fingerprint density at radius 2 is 1.87 bits per heavy atom. The fraction of sp³-hybridized carbons (Fsp3) is 0.125. The highest BCUT2D eigenvalue weighted by Crippen LogP contribution is 2.29. The van der Waals surface area contributed by atoms with Crippen LogP contribution < -0.4 is 14.9 Å². The van der Waals surface area contributed by atoms with Crippen molar-refractivity contribution in [2.75, 3.05) is 7.11 Å². The summed E-state index contributed by atoms with van der Waals surface area (Å²) in [6.45, 7) is 0.300. The maximum absolute atomic E-state index is 12.3. The third-order valence-electron chi connectivity index (χ3n) is 4.44. The molecule has 1 amide bonds. The Hall–Kier alpha value is -3.82. The zero-order chi connectivity index (χ0) is 22.1. The molecule has 1 atom stereocenters. The molecule has 0 saturated carbocycles. The average molecular weight is 434 g/mol. The lowest BCUT2D eigenvalue weighted by atomic mass is 10.0. The standard InChI is InChI=1S/C24H20ClN3O3/c1-30-23-13-17(11-12-22(23)31-16-19-9-5-6-10-21(19)25)15-27-28-24(29)20(14-26)18-7-3-2-4-8-18/h2-13,15,20H,16H2,1H3,(H,28,29)/b27-15-/t20-/m0/s1. The van der Waals surface area contributed by atoms with Gasteiger partial charge in [-0.3, -0.25) is 4.79 Å². The molecule has 0 aliphatic heterocycles. The summed E-state index contributed by atoms with van der Waals surface area (Å²) in [5, 5.41) is 13.9. The second-order valence-electron chi connectivity index (χ2n) is 6.50. The van der Waals surface area contributed by atoms with Crippen LogP contribution in [0.5, 0.6) is 11.5 Å². The van der Waals surface area contributed by atoms with E-state index in [1.165, 1.54) is 13.3 Å². The fourth-order valence-corrected chi connectivity index (χ4v) is 3.01. The van der Waals surface area contributed by atoms with E-state index in [-0.39, 0.29) is 0 Å². The maximum Gasteiger partial charge on any atom is 0.261 e. The number of benzene rings is 3. The van der Waals surface area contributed by atoms with E-state index in [4.69, 9.17) is 21.1 Å². The SMILES string of the molecule is COc1cc(/C=N\NC(=O)[C@@H](C#N)c2ccccc2)ccc1OCc1ccccc1Cl. The molecule has 0 saturated heterocycles. The zero-order valence-electron chi connectivity index (χ0n) is 16.8. The molecule has 3 aromatic carbocycles. The van der Waals surface area contributed by atoms with Crippen LogP contribution in [-0.4, -0.2) is 19.2 Å². The Morgan fingerprint density at radius 1 is 1.13 bits per heavy atom. The summed E-state index contributed by atoms with van der Waals surface area (Å²) >= 11 is 6.16. The third kappa shape index (κ3) is 5.84. The van der Waals surface area contributed by atoms with E-state index in [0.29, 0.717) is 34.3 Å². The third-order valence-corrected chi connectivity index (χ3v) is 4.81. The van der Waals surface area contributed by atoms with Crippen LogP contribution in [0.25, 0.3) is 0 Å². The van der Waals surface area contributed by atoms with E-state index in [2.05, 4.69) is 10.5 Å². The van der Waals surface area contributed by atoms with Gasteiger partial charge in [0, 0.05) is 10.6 Å². The van der Waals surface area contributed by atoms with Crippen LogP contribution >= 0.6 is 11.6 Å².